The van der Waals surface area contributed by atoms with Crippen LogP contribution in [0.1, 0.15) is 23.2 Å². The number of fused-ring (bicyclic) bond motifs is 1. The third-order valence-electron chi connectivity index (χ3n) is 4.78. The van der Waals surface area contributed by atoms with Crippen LogP contribution < -0.4 is 11.1 Å². The molecule has 3 N–H and O–H groups in total. The first kappa shape index (κ1) is 16.4. The number of amides is 1. The Morgan fingerprint density at radius 3 is 2.46 bits per heavy atom. The lowest BCUT2D eigenvalue weighted by molar-refractivity contribution is 0.100. The van der Waals surface area contributed by atoms with Crippen LogP contribution in [0.3, 0.4) is 0 Å². The minimum Gasteiger partial charge on any atom is -0.366 e. The number of nitrogens with zero attached hydrogens (tertiary/aromatic N) is 4. The van der Waals surface area contributed by atoms with Crippen LogP contribution in [0, 0.1) is 0 Å². The molecule has 4 aromatic rings. The number of rotatable bonds is 5. The molecule has 7 nitrogen and oxygen atoms in total. The number of aromatic nitrogens is 4. The van der Waals surface area contributed by atoms with Gasteiger partial charge >= 0.3 is 0 Å². The summed E-state index contributed by atoms with van der Waals surface area (Å²) in [6.45, 7) is 0. The molecular weight excluding hydrogens is 352 g/mol. The maximum Gasteiger partial charge on any atom is 0.248 e. The SMILES string of the molecule is NC(=O)c1ccc(-c2nc(NC3CC3)c3ncn(-c4ccccc4)c3n2)cc1. The van der Waals surface area contributed by atoms with E-state index in [-0.39, 0.29) is 0 Å². The molecule has 0 atom stereocenters. The molecule has 5 rings (SSSR count). The Kier molecular flexibility index (Phi) is 3.79. The van der Waals surface area contributed by atoms with Gasteiger partial charge in [0, 0.05) is 22.9 Å². The highest BCUT2D eigenvalue weighted by atomic mass is 16.1. The molecule has 1 aliphatic rings. The first-order chi connectivity index (χ1) is 13.7. The maximum atomic E-state index is 11.3. The predicted octanol–water partition coefficient (Wildman–Crippen LogP) is 3.16. The summed E-state index contributed by atoms with van der Waals surface area (Å²) in [6.07, 6.45) is 4.04. The Morgan fingerprint density at radius 1 is 1.04 bits per heavy atom. The molecule has 0 spiro atoms. The zero-order valence-electron chi connectivity index (χ0n) is 15.0. The van der Waals surface area contributed by atoms with E-state index < -0.39 is 5.91 Å². The Labute approximate surface area is 161 Å². The highest BCUT2D eigenvalue weighted by Crippen LogP contribution is 2.30. The van der Waals surface area contributed by atoms with Crippen molar-refractivity contribution >= 4 is 22.9 Å². The van der Waals surface area contributed by atoms with Crippen LogP contribution in [0.4, 0.5) is 5.82 Å². The van der Waals surface area contributed by atoms with E-state index in [1.54, 1.807) is 18.5 Å². The summed E-state index contributed by atoms with van der Waals surface area (Å²) >= 11 is 0. The molecule has 28 heavy (non-hydrogen) atoms. The Morgan fingerprint density at radius 2 is 1.79 bits per heavy atom. The van der Waals surface area contributed by atoms with E-state index in [0.717, 1.165) is 41.1 Å². The van der Waals surface area contributed by atoms with Crippen LogP contribution >= 0.6 is 0 Å². The lowest BCUT2D eigenvalue weighted by Gasteiger charge is -2.09. The third-order valence-corrected chi connectivity index (χ3v) is 4.78. The second kappa shape index (κ2) is 6.45. The van der Waals surface area contributed by atoms with Crippen molar-refractivity contribution in [2.45, 2.75) is 18.9 Å². The minimum atomic E-state index is -0.457. The first-order valence-corrected chi connectivity index (χ1v) is 9.16. The van der Waals surface area contributed by atoms with Crippen molar-refractivity contribution in [2.75, 3.05) is 5.32 Å². The van der Waals surface area contributed by atoms with Crippen molar-refractivity contribution in [1.29, 1.82) is 0 Å². The molecule has 0 unspecified atom stereocenters. The molecule has 0 bridgehead atoms. The van der Waals surface area contributed by atoms with Crippen LogP contribution in [0.2, 0.25) is 0 Å². The van der Waals surface area contributed by atoms with Gasteiger partial charge in [-0.2, -0.15) is 0 Å². The van der Waals surface area contributed by atoms with Gasteiger partial charge in [-0.3, -0.25) is 9.36 Å². The Bertz CT molecular complexity index is 1160. The number of anilines is 1. The van der Waals surface area contributed by atoms with Gasteiger partial charge in [0.15, 0.2) is 22.8 Å². The summed E-state index contributed by atoms with van der Waals surface area (Å²) in [6, 6.07) is 17.4. The van der Waals surface area contributed by atoms with Gasteiger partial charge in [0.05, 0.1) is 0 Å². The quantitative estimate of drug-likeness (QED) is 0.562. The number of hydrogen-bond acceptors (Lipinski definition) is 5. The predicted molar refractivity (Wildman–Crippen MR) is 107 cm³/mol. The average Bonchev–Trinajstić information content (AvgIpc) is 3.44. The summed E-state index contributed by atoms with van der Waals surface area (Å²) in [5.41, 5.74) is 9.07. The number of nitrogens with two attached hydrogens (primary N) is 1. The number of primary amides is 1. The van der Waals surface area contributed by atoms with Crippen molar-refractivity contribution in [3.05, 3.63) is 66.5 Å². The summed E-state index contributed by atoms with van der Waals surface area (Å²) < 4.78 is 1.95. The van der Waals surface area contributed by atoms with Gasteiger partial charge in [-0.25, -0.2) is 15.0 Å². The van der Waals surface area contributed by atoms with E-state index in [9.17, 15) is 4.79 Å². The summed E-state index contributed by atoms with van der Waals surface area (Å²) in [4.78, 5) is 25.4. The zero-order chi connectivity index (χ0) is 19.1. The van der Waals surface area contributed by atoms with Crippen molar-refractivity contribution in [2.24, 2.45) is 5.73 Å². The fraction of sp³-hybridized carbons (Fsp3) is 0.143. The second-order valence-corrected chi connectivity index (χ2v) is 6.88. The summed E-state index contributed by atoms with van der Waals surface area (Å²) in [5.74, 6) is 0.849. The number of benzene rings is 2. The second-order valence-electron chi connectivity index (χ2n) is 6.88. The number of hydrogen-bond donors (Lipinski definition) is 2. The number of carbonyl (C=O) groups is 1. The normalized spacial score (nSPS) is 13.6. The molecular formula is C21H18N6O. The molecule has 0 radical (unpaired) electrons. The zero-order valence-corrected chi connectivity index (χ0v) is 15.0. The van der Waals surface area contributed by atoms with E-state index in [1.807, 2.05) is 47.0 Å². The van der Waals surface area contributed by atoms with E-state index in [2.05, 4.69) is 10.3 Å². The molecule has 1 amide bonds. The average molecular weight is 370 g/mol. The monoisotopic (exact) mass is 370 g/mol. The molecule has 2 aromatic heterocycles. The van der Waals surface area contributed by atoms with Gasteiger partial charge in [-0.15, -0.1) is 0 Å². The fourth-order valence-corrected chi connectivity index (χ4v) is 3.11. The van der Waals surface area contributed by atoms with Crippen LogP contribution in [-0.4, -0.2) is 31.5 Å². The van der Waals surface area contributed by atoms with Crippen molar-refractivity contribution < 1.29 is 4.79 Å². The van der Waals surface area contributed by atoms with Crippen LogP contribution in [0.15, 0.2) is 60.9 Å². The molecule has 7 heteroatoms. The summed E-state index contributed by atoms with van der Waals surface area (Å²) in [5, 5.41) is 3.46. The van der Waals surface area contributed by atoms with E-state index in [1.165, 1.54) is 0 Å². The standard InChI is InChI=1S/C21H18N6O/c22-18(28)13-6-8-14(9-7-13)19-25-20(24-15-10-11-15)17-21(26-19)27(12-23-17)16-4-2-1-3-5-16/h1-9,12,15H,10-11H2,(H2,22,28)(H,24,25,26). The highest BCUT2D eigenvalue weighted by Gasteiger charge is 2.24. The fourth-order valence-electron chi connectivity index (χ4n) is 3.11. The number of nitrogens with one attached hydrogen (secondary N) is 1. The topological polar surface area (TPSA) is 98.7 Å². The number of para-hydroxylation sites is 1. The lowest BCUT2D eigenvalue weighted by Crippen LogP contribution is -2.10. The van der Waals surface area contributed by atoms with Gasteiger partial charge < -0.3 is 11.1 Å². The van der Waals surface area contributed by atoms with E-state index in [0.29, 0.717) is 17.4 Å². The summed E-state index contributed by atoms with van der Waals surface area (Å²) in [7, 11) is 0. The molecule has 1 aliphatic carbocycles. The lowest BCUT2D eigenvalue weighted by atomic mass is 10.1. The molecule has 1 fully saturated rings. The highest BCUT2D eigenvalue weighted by molar-refractivity contribution is 5.93. The van der Waals surface area contributed by atoms with E-state index >= 15 is 0 Å². The molecule has 2 heterocycles. The molecule has 0 aliphatic heterocycles. The molecule has 2 aromatic carbocycles. The van der Waals surface area contributed by atoms with Crippen LogP contribution in [-0.2, 0) is 0 Å². The number of imidazole rings is 1. The largest absolute Gasteiger partial charge is 0.366 e. The Balaban J connectivity index is 1.67. The van der Waals surface area contributed by atoms with Crippen molar-refractivity contribution in [3.63, 3.8) is 0 Å². The Hall–Kier alpha value is -3.74. The minimum absolute atomic E-state index is 0.435. The van der Waals surface area contributed by atoms with Gasteiger partial charge in [-0.1, -0.05) is 30.3 Å². The van der Waals surface area contributed by atoms with Gasteiger partial charge in [-0.05, 0) is 37.1 Å². The number of carbonyl (C=O) groups excluding carboxylic acids is 1. The van der Waals surface area contributed by atoms with Gasteiger partial charge in [0.2, 0.25) is 5.91 Å². The smallest absolute Gasteiger partial charge is 0.248 e. The first-order valence-electron chi connectivity index (χ1n) is 9.16. The van der Waals surface area contributed by atoms with Crippen molar-refractivity contribution in [1.82, 2.24) is 19.5 Å². The molecule has 1 saturated carbocycles. The van der Waals surface area contributed by atoms with Gasteiger partial charge in [0.1, 0.15) is 6.33 Å². The van der Waals surface area contributed by atoms with Crippen LogP contribution in [0.25, 0.3) is 28.2 Å². The third kappa shape index (κ3) is 2.96. The van der Waals surface area contributed by atoms with E-state index in [4.69, 9.17) is 15.7 Å². The maximum absolute atomic E-state index is 11.3. The molecule has 0 saturated heterocycles. The van der Waals surface area contributed by atoms with Gasteiger partial charge in [0.25, 0.3) is 0 Å². The van der Waals surface area contributed by atoms with Crippen molar-refractivity contribution in [3.8, 4) is 17.1 Å². The molecule has 138 valence electrons. The van der Waals surface area contributed by atoms with Crippen LogP contribution in [0.5, 0.6) is 0 Å².